The van der Waals surface area contributed by atoms with E-state index in [1.54, 1.807) is 18.2 Å². The number of hydrogen-bond acceptors (Lipinski definition) is 4. The Labute approximate surface area is 118 Å². The van der Waals surface area contributed by atoms with Crippen LogP contribution in [0.2, 0.25) is 0 Å². The number of unbranched alkanes of at least 4 members (excludes halogenated alkanes) is 1. The molecule has 0 aliphatic heterocycles. The molecule has 3 N–H and O–H groups in total. The van der Waals surface area contributed by atoms with Gasteiger partial charge in [0.2, 0.25) is 11.8 Å². The highest BCUT2D eigenvalue weighted by atomic mass is 16.5. The minimum Gasteiger partial charge on any atom is -0.494 e. The number of methoxy groups -OCH3 is 1. The Morgan fingerprint density at radius 2 is 2.00 bits per heavy atom. The minimum atomic E-state index is -0.191. The van der Waals surface area contributed by atoms with Crippen LogP contribution in [-0.2, 0) is 9.59 Å². The van der Waals surface area contributed by atoms with Crippen LogP contribution in [0.15, 0.2) is 18.2 Å². The van der Waals surface area contributed by atoms with Crippen molar-refractivity contribution in [3.8, 4) is 5.75 Å². The third kappa shape index (κ3) is 5.27. The molecule has 1 aromatic rings. The second-order valence-corrected chi connectivity index (χ2v) is 4.33. The number of ether oxygens (including phenoxy) is 1. The number of amides is 2. The quantitative estimate of drug-likeness (QED) is 0.664. The highest BCUT2D eigenvalue weighted by Gasteiger charge is 2.08. The lowest BCUT2D eigenvalue weighted by atomic mass is 10.2. The van der Waals surface area contributed by atoms with Crippen LogP contribution >= 0.6 is 0 Å². The molecular formula is C14H20N2O4. The van der Waals surface area contributed by atoms with E-state index in [4.69, 9.17) is 9.84 Å². The summed E-state index contributed by atoms with van der Waals surface area (Å²) in [4.78, 5) is 22.7. The van der Waals surface area contributed by atoms with Crippen molar-refractivity contribution in [2.45, 2.75) is 26.2 Å². The zero-order valence-corrected chi connectivity index (χ0v) is 11.7. The molecule has 6 heteroatoms. The Morgan fingerprint density at radius 1 is 1.25 bits per heavy atom. The van der Waals surface area contributed by atoms with Gasteiger partial charge in [0.25, 0.3) is 0 Å². The van der Waals surface area contributed by atoms with Crippen LogP contribution in [-0.4, -0.2) is 30.6 Å². The van der Waals surface area contributed by atoms with E-state index in [2.05, 4.69) is 10.6 Å². The molecular weight excluding hydrogens is 260 g/mol. The molecule has 0 heterocycles. The number of rotatable bonds is 7. The van der Waals surface area contributed by atoms with Gasteiger partial charge in [0.05, 0.1) is 12.8 Å². The maximum Gasteiger partial charge on any atom is 0.224 e. The lowest BCUT2D eigenvalue weighted by molar-refractivity contribution is -0.116. The molecule has 0 atom stereocenters. The van der Waals surface area contributed by atoms with Crippen molar-refractivity contribution in [3.63, 3.8) is 0 Å². The van der Waals surface area contributed by atoms with Crippen molar-refractivity contribution in [2.24, 2.45) is 0 Å². The largest absolute Gasteiger partial charge is 0.494 e. The van der Waals surface area contributed by atoms with Crippen molar-refractivity contribution < 1.29 is 19.4 Å². The van der Waals surface area contributed by atoms with E-state index in [1.807, 2.05) is 0 Å². The van der Waals surface area contributed by atoms with Crippen LogP contribution in [0.1, 0.15) is 26.2 Å². The van der Waals surface area contributed by atoms with Gasteiger partial charge in [0.1, 0.15) is 5.75 Å². The number of aliphatic hydroxyl groups excluding tert-OH is 1. The summed E-state index contributed by atoms with van der Waals surface area (Å²) < 4.78 is 5.17. The molecule has 0 fully saturated rings. The van der Waals surface area contributed by atoms with Gasteiger partial charge in [-0.3, -0.25) is 9.59 Å². The summed E-state index contributed by atoms with van der Waals surface area (Å²) in [6, 6.07) is 5.01. The summed E-state index contributed by atoms with van der Waals surface area (Å²) in [7, 11) is 1.49. The zero-order chi connectivity index (χ0) is 15.0. The van der Waals surface area contributed by atoms with Gasteiger partial charge in [0.15, 0.2) is 0 Å². The third-order valence-electron chi connectivity index (χ3n) is 2.61. The number of carbonyl (C=O) groups is 2. The van der Waals surface area contributed by atoms with Crippen LogP contribution in [0.5, 0.6) is 5.75 Å². The first kappa shape index (κ1) is 16.0. The standard InChI is InChI=1S/C14H20N2O4/c1-10(18)15-12-7-6-11(9-13(12)20-2)16-14(19)5-3-4-8-17/h6-7,9,17H,3-5,8H2,1-2H3,(H,15,18)(H,16,19). The van der Waals surface area contributed by atoms with Gasteiger partial charge in [-0.05, 0) is 25.0 Å². The van der Waals surface area contributed by atoms with Crippen LogP contribution in [0.3, 0.4) is 0 Å². The van der Waals surface area contributed by atoms with E-state index in [1.165, 1.54) is 14.0 Å². The molecule has 1 aromatic carbocycles. The van der Waals surface area contributed by atoms with Gasteiger partial charge in [-0.1, -0.05) is 0 Å². The van der Waals surface area contributed by atoms with Crippen molar-refractivity contribution in [3.05, 3.63) is 18.2 Å². The maximum atomic E-state index is 11.6. The van der Waals surface area contributed by atoms with Gasteiger partial charge in [-0.25, -0.2) is 0 Å². The molecule has 0 unspecified atom stereocenters. The first-order valence-corrected chi connectivity index (χ1v) is 6.43. The highest BCUT2D eigenvalue weighted by molar-refractivity contribution is 5.93. The molecule has 6 nitrogen and oxygen atoms in total. The topological polar surface area (TPSA) is 87.7 Å². The van der Waals surface area contributed by atoms with E-state index in [0.717, 1.165) is 0 Å². The van der Waals surface area contributed by atoms with Crippen LogP contribution in [0, 0.1) is 0 Å². The first-order valence-electron chi connectivity index (χ1n) is 6.43. The fourth-order valence-corrected chi connectivity index (χ4v) is 1.68. The Balaban J connectivity index is 2.67. The van der Waals surface area contributed by atoms with Crippen LogP contribution in [0.4, 0.5) is 11.4 Å². The number of anilines is 2. The number of carbonyl (C=O) groups excluding carboxylic acids is 2. The SMILES string of the molecule is COc1cc(NC(=O)CCCCO)ccc1NC(C)=O. The lowest BCUT2D eigenvalue weighted by Gasteiger charge is -2.11. The Kier molecular flexibility index (Phi) is 6.52. The summed E-state index contributed by atoms with van der Waals surface area (Å²) >= 11 is 0. The monoisotopic (exact) mass is 280 g/mol. The zero-order valence-electron chi connectivity index (χ0n) is 11.7. The summed E-state index contributed by atoms with van der Waals surface area (Å²) in [6.45, 7) is 1.50. The Bertz CT molecular complexity index is 474. The van der Waals surface area contributed by atoms with Gasteiger partial charge < -0.3 is 20.5 Å². The van der Waals surface area contributed by atoms with Gasteiger partial charge in [0, 0.05) is 31.7 Å². The molecule has 0 spiro atoms. The second kappa shape index (κ2) is 8.16. The van der Waals surface area contributed by atoms with E-state index >= 15 is 0 Å². The molecule has 0 aliphatic rings. The first-order chi connectivity index (χ1) is 9.56. The van der Waals surface area contributed by atoms with E-state index in [-0.39, 0.29) is 18.4 Å². The summed E-state index contributed by atoms with van der Waals surface area (Å²) in [5.74, 6) is 0.172. The predicted octanol–water partition coefficient (Wildman–Crippen LogP) is 1.75. The Morgan fingerprint density at radius 3 is 2.60 bits per heavy atom. The summed E-state index contributed by atoms with van der Waals surface area (Å²) in [5, 5.41) is 14.0. The number of benzene rings is 1. The molecule has 110 valence electrons. The molecule has 0 aromatic heterocycles. The highest BCUT2D eigenvalue weighted by Crippen LogP contribution is 2.28. The Hall–Kier alpha value is -2.08. The van der Waals surface area contributed by atoms with Gasteiger partial charge >= 0.3 is 0 Å². The molecule has 1 rings (SSSR count). The molecule has 0 saturated carbocycles. The molecule has 0 radical (unpaired) electrons. The lowest BCUT2D eigenvalue weighted by Crippen LogP contribution is -2.12. The molecule has 0 bridgehead atoms. The van der Waals surface area contributed by atoms with Gasteiger partial charge in [-0.2, -0.15) is 0 Å². The minimum absolute atomic E-state index is 0.0898. The smallest absolute Gasteiger partial charge is 0.224 e. The third-order valence-corrected chi connectivity index (χ3v) is 2.61. The van der Waals surface area contributed by atoms with Gasteiger partial charge in [-0.15, -0.1) is 0 Å². The molecule has 2 amide bonds. The summed E-state index contributed by atoms with van der Waals surface area (Å²) in [5.41, 5.74) is 1.16. The number of aliphatic hydroxyl groups is 1. The maximum absolute atomic E-state index is 11.6. The van der Waals surface area contributed by atoms with Crippen LogP contribution in [0.25, 0.3) is 0 Å². The average Bonchev–Trinajstić information content (AvgIpc) is 2.40. The van der Waals surface area contributed by atoms with E-state index < -0.39 is 0 Å². The normalized spacial score (nSPS) is 9.95. The number of hydrogen-bond donors (Lipinski definition) is 3. The fraction of sp³-hybridized carbons (Fsp3) is 0.429. The van der Waals surface area contributed by atoms with Crippen molar-refractivity contribution >= 4 is 23.2 Å². The molecule has 20 heavy (non-hydrogen) atoms. The number of nitrogens with one attached hydrogen (secondary N) is 2. The van der Waals surface area contributed by atoms with Crippen molar-refractivity contribution in [1.82, 2.24) is 0 Å². The van der Waals surface area contributed by atoms with Crippen molar-refractivity contribution in [1.29, 1.82) is 0 Å². The van der Waals surface area contributed by atoms with Crippen molar-refractivity contribution in [2.75, 3.05) is 24.4 Å². The van der Waals surface area contributed by atoms with E-state index in [0.29, 0.717) is 36.4 Å². The second-order valence-electron chi connectivity index (χ2n) is 4.33. The summed E-state index contributed by atoms with van der Waals surface area (Å²) in [6.07, 6.45) is 1.61. The van der Waals surface area contributed by atoms with E-state index in [9.17, 15) is 9.59 Å². The van der Waals surface area contributed by atoms with Crippen LogP contribution < -0.4 is 15.4 Å². The molecule has 0 aliphatic carbocycles. The average molecular weight is 280 g/mol. The fourth-order valence-electron chi connectivity index (χ4n) is 1.68. The molecule has 0 saturated heterocycles. The predicted molar refractivity (Wildman–Crippen MR) is 76.9 cm³/mol.